The Kier molecular flexibility index (Phi) is 9.46. The minimum absolute atomic E-state index is 0. The third-order valence-electron chi connectivity index (χ3n) is 5.02. The standard InChI is InChI=1S/C21H29N5O2.HI/c1-22-20(27)17-8-5-7-16(13-17)14-24-21(23-2)25-15-18(19-9-6-12-28-19)26-10-3-4-11-26;/h5-9,12-13,18H,3-4,10-11,14-15H2,1-2H3,(H,22,27)(H2,23,24,25);1H. The number of furan rings is 1. The Morgan fingerprint density at radius 2 is 2.00 bits per heavy atom. The van der Waals surface area contributed by atoms with E-state index in [0.717, 1.165) is 30.4 Å². The minimum atomic E-state index is -0.0868. The van der Waals surface area contributed by atoms with Gasteiger partial charge in [0.05, 0.1) is 12.3 Å². The summed E-state index contributed by atoms with van der Waals surface area (Å²) in [7, 11) is 3.39. The number of benzene rings is 1. The number of nitrogens with one attached hydrogen (secondary N) is 3. The summed E-state index contributed by atoms with van der Waals surface area (Å²) in [6.45, 7) is 3.47. The predicted molar refractivity (Wildman–Crippen MR) is 126 cm³/mol. The van der Waals surface area contributed by atoms with E-state index in [0.29, 0.717) is 18.7 Å². The average Bonchev–Trinajstić information content (AvgIpc) is 3.45. The van der Waals surface area contributed by atoms with Crippen LogP contribution < -0.4 is 16.0 Å². The predicted octanol–water partition coefficient (Wildman–Crippen LogP) is 2.76. The summed E-state index contributed by atoms with van der Waals surface area (Å²) in [6, 6.07) is 11.7. The van der Waals surface area contributed by atoms with Gasteiger partial charge >= 0.3 is 0 Å². The molecule has 1 aromatic carbocycles. The van der Waals surface area contributed by atoms with Crippen LogP contribution in [0.3, 0.4) is 0 Å². The fraction of sp³-hybridized carbons (Fsp3) is 0.429. The molecule has 158 valence electrons. The van der Waals surface area contributed by atoms with Crippen molar-refractivity contribution in [2.75, 3.05) is 33.7 Å². The summed E-state index contributed by atoms with van der Waals surface area (Å²) >= 11 is 0. The summed E-state index contributed by atoms with van der Waals surface area (Å²) in [5, 5.41) is 9.38. The molecule has 1 atom stereocenters. The highest BCUT2D eigenvalue weighted by molar-refractivity contribution is 14.0. The minimum Gasteiger partial charge on any atom is -0.468 e. The summed E-state index contributed by atoms with van der Waals surface area (Å²) in [6.07, 6.45) is 4.18. The van der Waals surface area contributed by atoms with Crippen LogP contribution in [0.25, 0.3) is 0 Å². The van der Waals surface area contributed by atoms with Gasteiger partial charge in [0, 0.05) is 32.7 Å². The maximum atomic E-state index is 11.8. The first-order chi connectivity index (χ1) is 13.7. The Hall–Kier alpha value is -2.07. The SMILES string of the molecule is CN=C(NCc1cccc(C(=O)NC)c1)NCC(c1ccco1)N1CCCC1.I. The Bertz CT molecular complexity index is 788. The molecule has 1 unspecified atom stereocenters. The zero-order valence-electron chi connectivity index (χ0n) is 17.0. The van der Waals surface area contributed by atoms with E-state index in [2.05, 4.69) is 25.8 Å². The lowest BCUT2D eigenvalue weighted by Gasteiger charge is -2.26. The average molecular weight is 511 g/mol. The number of hydrogen-bond donors (Lipinski definition) is 3. The molecule has 0 radical (unpaired) electrons. The van der Waals surface area contributed by atoms with E-state index in [9.17, 15) is 4.79 Å². The Labute approximate surface area is 189 Å². The van der Waals surface area contributed by atoms with Gasteiger partial charge in [-0.2, -0.15) is 0 Å². The molecule has 0 saturated carbocycles. The van der Waals surface area contributed by atoms with Crippen molar-refractivity contribution in [2.24, 2.45) is 4.99 Å². The maximum absolute atomic E-state index is 11.8. The quantitative estimate of drug-likeness (QED) is 0.303. The van der Waals surface area contributed by atoms with Gasteiger partial charge in [0.2, 0.25) is 0 Å². The second-order valence-corrected chi connectivity index (χ2v) is 6.86. The normalized spacial score (nSPS) is 15.4. The lowest BCUT2D eigenvalue weighted by Crippen LogP contribution is -2.42. The molecular formula is C21H30IN5O2. The summed E-state index contributed by atoms with van der Waals surface area (Å²) in [5.74, 6) is 1.61. The number of carbonyl (C=O) groups excluding carboxylic acids is 1. The Morgan fingerprint density at radius 1 is 1.21 bits per heavy atom. The van der Waals surface area contributed by atoms with Crippen LogP contribution in [0.2, 0.25) is 0 Å². The van der Waals surface area contributed by atoms with Crippen molar-refractivity contribution in [1.82, 2.24) is 20.9 Å². The molecule has 1 saturated heterocycles. The summed E-state index contributed by atoms with van der Waals surface area (Å²) < 4.78 is 5.67. The van der Waals surface area contributed by atoms with Crippen LogP contribution in [0.1, 0.15) is 40.6 Å². The number of hydrogen-bond acceptors (Lipinski definition) is 4. The van der Waals surface area contributed by atoms with Crippen molar-refractivity contribution in [3.05, 3.63) is 59.5 Å². The van der Waals surface area contributed by atoms with Crippen molar-refractivity contribution < 1.29 is 9.21 Å². The van der Waals surface area contributed by atoms with Gasteiger partial charge in [0.15, 0.2) is 5.96 Å². The number of nitrogens with zero attached hydrogens (tertiary/aromatic N) is 2. The zero-order valence-corrected chi connectivity index (χ0v) is 19.3. The van der Waals surface area contributed by atoms with E-state index < -0.39 is 0 Å². The van der Waals surface area contributed by atoms with Crippen molar-refractivity contribution in [2.45, 2.75) is 25.4 Å². The highest BCUT2D eigenvalue weighted by Crippen LogP contribution is 2.24. The molecule has 0 aliphatic carbocycles. The van der Waals surface area contributed by atoms with E-state index in [4.69, 9.17) is 4.42 Å². The second kappa shape index (κ2) is 11.8. The first kappa shape index (κ1) is 23.2. The molecule has 1 aliphatic heterocycles. The van der Waals surface area contributed by atoms with Crippen LogP contribution >= 0.6 is 24.0 Å². The first-order valence-electron chi connectivity index (χ1n) is 9.74. The molecule has 1 aliphatic rings. The number of likely N-dealkylation sites (tertiary alicyclic amines) is 1. The molecule has 0 bridgehead atoms. The van der Waals surface area contributed by atoms with E-state index >= 15 is 0 Å². The van der Waals surface area contributed by atoms with Gasteiger partial charge in [0.25, 0.3) is 5.91 Å². The molecule has 1 fully saturated rings. The van der Waals surface area contributed by atoms with Crippen molar-refractivity contribution >= 4 is 35.8 Å². The summed E-state index contributed by atoms with van der Waals surface area (Å²) in [5.41, 5.74) is 1.67. The second-order valence-electron chi connectivity index (χ2n) is 6.86. The van der Waals surface area contributed by atoms with E-state index in [1.807, 2.05) is 30.3 Å². The van der Waals surface area contributed by atoms with Crippen molar-refractivity contribution in [1.29, 1.82) is 0 Å². The molecule has 2 aromatic rings. The van der Waals surface area contributed by atoms with Gasteiger partial charge in [-0.1, -0.05) is 12.1 Å². The van der Waals surface area contributed by atoms with Crippen LogP contribution in [-0.2, 0) is 6.54 Å². The molecule has 8 heteroatoms. The third-order valence-corrected chi connectivity index (χ3v) is 5.02. The molecule has 1 aromatic heterocycles. The van der Waals surface area contributed by atoms with Crippen molar-refractivity contribution in [3.8, 4) is 0 Å². The lowest BCUT2D eigenvalue weighted by molar-refractivity contribution is 0.0963. The highest BCUT2D eigenvalue weighted by Gasteiger charge is 2.25. The van der Waals surface area contributed by atoms with Gasteiger partial charge in [-0.25, -0.2) is 0 Å². The van der Waals surface area contributed by atoms with Gasteiger partial charge in [-0.3, -0.25) is 14.7 Å². The first-order valence-corrected chi connectivity index (χ1v) is 9.74. The van der Waals surface area contributed by atoms with Gasteiger partial charge in [-0.15, -0.1) is 24.0 Å². The highest BCUT2D eigenvalue weighted by atomic mass is 127. The molecule has 7 nitrogen and oxygen atoms in total. The maximum Gasteiger partial charge on any atom is 0.251 e. The van der Waals surface area contributed by atoms with Gasteiger partial charge in [0.1, 0.15) is 5.76 Å². The van der Waals surface area contributed by atoms with Crippen molar-refractivity contribution in [3.63, 3.8) is 0 Å². The van der Waals surface area contributed by atoms with Crippen LogP contribution in [0.4, 0.5) is 0 Å². The molecule has 29 heavy (non-hydrogen) atoms. The van der Waals surface area contributed by atoms with Gasteiger partial charge < -0.3 is 20.4 Å². The van der Waals surface area contributed by atoms with Crippen LogP contribution in [-0.4, -0.2) is 50.5 Å². The molecule has 1 amide bonds. The van der Waals surface area contributed by atoms with E-state index in [1.54, 1.807) is 26.4 Å². The number of rotatable bonds is 7. The van der Waals surface area contributed by atoms with E-state index in [1.165, 1.54) is 12.8 Å². The van der Waals surface area contributed by atoms with Crippen LogP contribution in [0, 0.1) is 0 Å². The zero-order chi connectivity index (χ0) is 19.8. The molecule has 3 rings (SSSR count). The number of guanidine groups is 1. The summed E-state index contributed by atoms with van der Waals surface area (Å²) in [4.78, 5) is 18.6. The van der Waals surface area contributed by atoms with Gasteiger partial charge in [-0.05, 0) is 55.8 Å². The molecular weight excluding hydrogens is 481 g/mol. The Morgan fingerprint density at radius 3 is 2.66 bits per heavy atom. The third kappa shape index (κ3) is 6.46. The monoisotopic (exact) mass is 511 g/mol. The topological polar surface area (TPSA) is 81.9 Å². The molecule has 0 spiro atoms. The smallest absolute Gasteiger partial charge is 0.251 e. The van der Waals surface area contributed by atoms with Crippen LogP contribution in [0.15, 0.2) is 52.1 Å². The number of halogens is 1. The fourth-order valence-electron chi connectivity index (χ4n) is 3.51. The fourth-order valence-corrected chi connectivity index (χ4v) is 3.51. The van der Waals surface area contributed by atoms with E-state index in [-0.39, 0.29) is 35.9 Å². The Balaban J connectivity index is 0.00000300. The largest absolute Gasteiger partial charge is 0.468 e. The molecule has 2 heterocycles. The number of carbonyl (C=O) groups is 1. The number of aliphatic imine (C=N–C) groups is 1. The molecule has 3 N–H and O–H groups in total. The number of amides is 1. The lowest BCUT2D eigenvalue weighted by atomic mass is 10.1. The van der Waals surface area contributed by atoms with Crippen LogP contribution in [0.5, 0.6) is 0 Å².